The number of halogens is 2. The van der Waals surface area contributed by atoms with E-state index in [0.717, 1.165) is 5.92 Å². The first kappa shape index (κ1) is 16.9. The van der Waals surface area contributed by atoms with Crippen molar-refractivity contribution in [2.24, 2.45) is 0 Å². The van der Waals surface area contributed by atoms with Crippen LogP contribution in [0, 0.1) is 0 Å². The molecule has 0 saturated heterocycles. The molecule has 1 fully saturated rings. The van der Waals surface area contributed by atoms with Gasteiger partial charge in [-0.05, 0) is 0 Å². The van der Waals surface area contributed by atoms with Crippen LogP contribution in [0.4, 0.5) is 0 Å². The first-order valence-corrected chi connectivity index (χ1v) is 9.13. The monoisotopic (exact) mass is 375 g/mol. The molecule has 0 amide bonds. The quantitative estimate of drug-likeness (QED) is 0.508. The molecule has 23 heavy (non-hydrogen) atoms. The maximum atomic E-state index is 3.63. The number of nitrogens with one attached hydrogen (secondary N) is 1. The van der Waals surface area contributed by atoms with Gasteiger partial charge in [-0.3, -0.25) is 0 Å². The summed E-state index contributed by atoms with van der Waals surface area (Å²) in [6.45, 7) is 0. The van der Waals surface area contributed by atoms with Gasteiger partial charge < -0.3 is 24.8 Å². The Balaban J connectivity index is 0.000000781. The van der Waals surface area contributed by atoms with Crippen LogP contribution in [-0.2, 0) is 19.2 Å². The predicted octanol–water partition coefficient (Wildman–Crippen LogP) is -1.81. The van der Waals surface area contributed by atoms with Crippen molar-refractivity contribution in [2.75, 3.05) is 0 Å². The summed E-state index contributed by atoms with van der Waals surface area (Å²) in [5, 5.41) is 1.35. The van der Waals surface area contributed by atoms with Gasteiger partial charge in [0.15, 0.2) is 0 Å². The van der Waals surface area contributed by atoms with Crippen LogP contribution in [0.3, 0.4) is 0 Å². The molecule has 1 N–H and O–H groups in total. The fourth-order valence-electron chi connectivity index (χ4n) is 3.70. The maximum absolute atomic E-state index is 3.63. The molecule has 5 rings (SSSR count). The Morgan fingerprint density at radius 3 is 2.52 bits per heavy atom. The van der Waals surface area contributed by atoms with Gasteiger partial charge in [-0.25, -0.2) is 0 Å². The zero-order valence-electron chi connectivity index (χ0n) is 12.4. The fraction of sp³-hybridized carbons (Fsp3) is 0.158. The van der Waals surface area contributed by atoms with Crippen LogP contribution in [0.5, 0.6) is 0 Å². The number of hydrogen-bond acceptors (Lipinski definition) is 0. The zero-order chi connectivity index (χ0) is 13.8. The number of rotatable bonds is 2. The van der Waals surface area contributed by atoms with Crippen molar-refractivity contribution < 1.29 is 44.0 Å². The summed E-state index contributed by atoms with van der Waals surface area (Å²) in [5.41, 5.74) is 6.16. The van der Waals surface area contributed by atoms with E-state index in [2.05, 4.69) is 59.6 Å². The van der Waals surface area contributed by atoms with E-state index in [1.807, 2.05) is 0 Å². The third kappa shape index (κ3) is 2.60. The summed E-state index contributed by atoms with van der Waals surface area (Å²) in [6.07, 6.45) is 2.67. The van der Waals surface area contributed by atoms with Crippen molar-refractivity contribution in [3.05, 3.63) is 71.3 Å². The van der Waals surface area contributed by atoms with Crippen molar-refractivity contribution in [1.29, 1.82) is 0 Å². The second-order valence-corrected chi connectivity index (χ2v) is 7.99. The van der Waals surface area contributed by atoms with Gasteiger partial charge >= 0.3 is 133 Å². The first-order valence-electron chi connectivity index (χ1n) is 7.57. The number of allylic oxidation sites excluding steroid dienone is 1. The molecule has 3 aromatic rings. The second kappa shape index (κ2) is 6.49. The first-order chi connectivity index (χ1) is 10.4. The van der Waals surface area contributed by atoms with Crippen molar-refractivity contribution in [3.8, 4) is 0 Å². The molecular weight excluding hydrogens is 361 g/mol. The van der Waals surface area contributed by atoms with Gasteiger partial charge in [-0.2, -0.15) is 0 Å². The average Bonchev–Trinajstić information content (AvgIpc) is 2.96. The van der Waals surface area contributed by atoms with E-state index in [9.17, 15) is 0 Å². The Kier molecular flexibility index (Phi) is 4.76. The summed E-state index contributed by atoms with van der Waals surface area (Å²) in [4.78, 5) is 3.63. The summed E-state index contributed by atoms with van der Waals surface area (Å²) >= 11 is -0.262. The Hall–Kier alpha value is -0.986. The molecule has 1 saturated carbocycles. The minimum absolute atomic E-state index is 0. The Morgan fingerprint density at radius 1 is 0.957 bits per heavy atom. The molecule has 1 aromatic heterocycles. The molecule has 1 atom stereocenters. The predicted molar refractivity (Wildman–Crippen MR) is 83.3 cm³/mol. The Labute approximate surface area is 157 Å². The van der Waals surface area contributed by atoms with Gasteiger partial charge in [0.25, 0.3) is 0 Å². The topological polar surface area (TPSA) is 15.8 Å². The van der Waals surface area contributed by atoms with Gasteiger partial charge in [0.1, 0.15) is 0 Å². The molecule has 4 heteroatoms. The van der Waals surface area contributed by atoms with E-state index in [1.165, 1.54) is 27.7 Å². The van der Waals surface area contributed by atoms with E-state index in [1.54, 1.807) is 20.6 Å². The molecule has 1 heterocycles. The summed E-state index contributed by atoms with van der Waals surface area (Å²) in [6, 6.07) is 20.0. The van der Waals surface area contributed by atoms with Crippen LogP contribution in [-0.4, -0.2) is 4.98 Å². The van der Waals surface area contributed by atoms with Gasteiger partial charge in [-0.1, -0.05) is 0 Å². The number of para-hydroxylation sites is 1. The molecule has 1 nitrogen and oxygen atoms in total. The molecule has 0 bridgehead atoms. The zero-order valence-corrected chi connectivity index (χ0v) is 15.5. The number of aromatic amines is 1. The molecule has 114 valence electrons. The van der Waals surface area contributed by atoms with Gasteiger partial charge in [0, 0.05) is 0 Å². The van der Waals surface area contributed by atoms with Crippen LogP contribution in [0.15, 0.2) is 60.2 Å². The third-order valence-electron chi connectivity index (χ3n) is 4.84. The third-order valence-corrected chi connectivity index (χ3v) is 6.99. The number of aromatic nitrogens is 1. The average molecular weight is 376 g/mol. The number of benzene rings is 2. The van der Waals surface area contributed by atoms with E-state index in [0.29, 0.717) is 0 Å². The summed E-state index contributed by atoms with van der Waals surface area (Å²) in [7, 11) is 0. The van der Waals surface area contributed by atoms with Crippen molar-refractivity contribution in [1.82, 2.24) is 4.98 Å². The van der Waals surface area contributed by atoms with Crippen LogP contribution < -0.4 is 28.8 Å². The minimum atomic E-state index is -0.262. The van der Waals surface area contributed by atoms with Gasteiger partial charge in [0.05, 0.1) is 0 Å². The fourth-order valence-corrected chi connectivity index (χ4v) is 6.07. The molecule has 0 radical (unpaired) electrons. The van der Waals surface area contributed by atoms with Crippen molar-refractivity contribution >= 4 is 18.8 Å². The molecule has 1 unspecified atom stereocenters. The van der Waals surface area contributed by atoms with Crippen LogP contribution in [0.2, 0.25) is 0 Å². The Bertz CT molecular complexity index is 864. The van der Waals surface area contributed by atoms with E-state index < -0.39 is 0 Å². The number of fused-ring (bicyclic) bond motifs is 4. The van der Waals surface area contributed by atoms with E-state index >= 15 is 0 Å². The normalized spacial score (nSPS) is 17.5. The molecular formula is C19H15Cl2NTi. The standard InChI is InChI=1S/C11H9.C8H6N.2ClH.Ti/c1-2-4-10-8(3-1)7-9-5-6-11(9)10;1-2-4-8-7(3-1)5-6-9-8;;;/h1-4,11H,5-6H2;1-5,9H;2*1H;/q;;;;+2/p-2. The molecule has 0 aliphatic heterocycles. The van der Waals surface area contributed by atoms with Crippen molar-refractivity contribution in [3.63, 3.8) is 0 Å². The number of H-pyrrole nitrogens is 1. The Morgan fingerprint density at radius 2 is 1.74 bits per heavy atom. The van der Waals surface area contributed by atoms with Gasteiger partial charge in [0.2, 0.25) is 0 Å². The molecule has 2 aliphatic rings. The van der Waals surface area contributed by atoms with Crippen molar-refractivity contribution in [2.45, 2.75) is 18.8 Å². The molecule has 2 aromatic carbocycles. The van der Waals surface area contributed by atoms with Gasteiger partial charge in [-0.15, -0.1) is 0 Å². The van der Waals surface area contributed by atoms with E-state index in [4.69, 9.17) is 0 Å². The SMILES string of the molecule is [Cl-].[Cl-].c1ccc2c(c1)[C]([Ti+2][c]1cc3ccccc3[nH]1)=C1CCC12. The van der Waals surface area contributed by atoms with Crippen LogP contribution in [0.25, 0.3) is 14.8 Å². The molecule has 2 aliphatic carbocycles. The number of hydrogen-bond donors (Lipinski definition) is 1. The molecule has 0 spiro atoms. The second-order valence-electron chi connectivity index (χ2n) is 5.97. The van der Waals surface area contributed by atoms with Crippen LogP contribution in [0.1, 0.15) is 29.9 Å². The van der Waals surface area contributed by atoms with E-state index in [-0.39, 0.29) is 44.0 Å². The summed E-state index contributed by atoms with van der Waals surface area (Å²) in [5.74, 6) is 0.754. The summed E-state index contributed by atoms with van der Waals surface area (Å²) < 4.78 is 3.16. The van der Waals surface area contributed by atoms with Crippen LogP contribution >= 0.6 is 0 Å².